The van der Waals surface area contributed by atoms with Gasteiger partial charge in [-0.05, 0) is 55.3 Å². The van der Waals surface area contributed by atoms with Gasteiger partial charge < -0.3 is 15.4 Å². The van der Waals surface area contributed by atoms with E-state index < -0.39 is 18.3 Å². The van der Waals surface area contributed by atoms with E-state index in [2.05, 4.69) is 30.6 Å². The van der Waals surface area contributed by atoms with E-state index in [-0.39, 0.29) is 17.4 Å². The molecule has 186 valence electrons. The summed E-state index contributed by atoms with van der Waals surface area (Å²) in [4.78, 5) is 29.4. The first-order valence-corrected chi connectivity index (χ1v) is 10.9. The van der Waals surface area contributed by atoms with Gasteiger partial charge in [0.15, 0.2) is 5.69 Å². The summed E-state index contributed by atoms with van der Waals surface area (Å²) >= 11 is 0. The molecule has 0 saturated carbocycles. The van der Waals surface area contributed by atoms with Crippen molar-refractivity contribution < 1.29 is 27.5 Å². The lowest BCUT2D eigenvalue weighted by atomic mass is 10.0. The summed E-state index contributed by atoms with van der Waals surface area (Å²) < 4.78 is 41.6. The lowest BCUT2D eigenvalue weighted by Gasteiger charge is -2.17. The Morgan fingerprint density at radius 1 is 1.06 bits per heavy atom. The van der Waals surface area contributed by atoms with Crippen LogP contribution in [0.3, 0.4) is 0 Å². The smallest absolute Gasteiger partial charge is 0.406 e. The summed E-state index contributed by atoms with van der Waals surface area (Å²) in [6.45, 7) is 3.35. The van der Waals surface area contributed by atoms with Gasteiger partial charge in [0.05, 0.1) is 22.8 Å². The minimum Gasteiger partial charge on any atom is -0.406 e. The van der Waals surface area contributed by atoms with E-state index >= 15 is 0 Å². The summed E-state index contributed by atoms with van der Waals surface area (Å²) in [5, 5.41) is 12.9. The molecule has 0 bridgehead atoms. The Labute approximate surface area is 203 Å². The van der Waals surface area contributed by atoms with Crippen LogP contribution in [-0.2, 0) is 0 Å². The molecule has 0 spiro atoms. The Kier molecular flexibility index (Phi) is 6.65. The molecule has 2 amide bonds. The lowest BCUT2D eigenvalue weighted by molar-refractivity contribution is -0.274. The second-order valence-electron chi connectivity index (χ2n) is 8.08. The van der Waals surface area contributed by atoms with Crippen molar-refractivity contribution in [2.45, 2.75) is 26.3 Å². The molecule has 4 rings (SSSR count). The number of H-pyrrole nitrogens is 1. The van der Waals surface area contributed by atoms with Gasteiger partial charge in [0.2, 0.25) is 0 Å². The van der Waals surface area contributed by atoms with Crippen molar-refractivity contribution in [1.82, 2.24) is 25.8 Å². The number of rotatable bonds is 6. The highest BCUT2D eigenvalue weighted by atomic mass is 19.4. The predicted molar refractivity (Wildman–Crippen MR) is 126 cm³/mol. The summed E-state index contributed by atoms with van der Waals surface area (Å²) in [5.41, 5.74) is 3.59. The molecule has 2 aromatic heterocycles. The van der Waals surface area contributed by atoms with E-state index in [4.69, 9.17) is 0 Å². The molecule has 0 fully saturated rings. The number of nitrogens with one attached hydrogen (secondary N) is 3. The van der Waals surface area contributed by atoms with Gasteiger partial charge in [-0.1, -0.05) is 18.2 Å². The molecule has 1 atom stereocenters. The van der Waals surface area contributed by atoms with E-state index in [9.17, 15) is 22.8 Å². The van der Waals surface area contributed by atoms with Gasteiger partial charge in [0.1, 0.15) is 5.75 Å². The number of carbonyl (C=O) groups is 2. The first kappa shape index (κ1) is 24.7. The molecule has 3 N–H and O–H groups in total. The summed E-state index contributed by atoms with van der Waals surface area (Å²) in [6, 6.07) is 11.9. The lowest BCUT2D eigenvalue weighted by Crippen LogP contribution is -2.27. The van der Waals surface area contributed by atoms with Gasteiger partial charge >= 0.3 is 6.36 Å². The number of hydrogen-bond acceptors (Lipinski definition) is 5. The van der Waals surface area contributed by atoms with Crippen LogP contribution in [0.25, 0.3) is 22.0 Å². The normalized spacial score (nSPS) is 12.3. The predicted octanol–water partition coefficient (Wildman–Crippen LogP) is 4.68. The van der Waals surface area contributed by atoms with Crippen molar-refractivity contribution in [3.05, 3.63) is 77.2 Å². The maximum Gasteiger partial charge on any atom is 0.573 e. The molecule has 36 heavy (non-hydrogen) atoms. The number of fused-ring (bicyclic) bond motifs is 1. The van der Waals surface area contributed by atoms with Gasteiger partial charge in [-0.2, -0.15) is 5.10 Å². The number of aromatic nitrogens is 3. The van der Waals surface area contributed by atoms with Crippen LogP contribution in [0.5, 0.6) is 5.75 Å². The molecule has 0 aliphatic carbocycles. The zero-order valence-corrected chi connectivity index (χ0v) is 19.5. The second kappa shape index (κ2) is 9.68. The van der Waals surface area contributed by atoms with E-state index in [0.717, 1.165) is 5.56 Å². The van der Waals surface area contributed by atoms with Gasteiger partial charge in [0, 0.05) is 24.2 Å². The summed E-state index contributed by atoms with van der Waals surface area (Å²) in [7, 11) is 1.52. The first-order valence-electron chi connectivity index (χ1n) is 10.9. The van der Waals surface area contributed by atoms with Crippen molar-refractivity contribution in [3.63, 3.8) is 0 Å². The fourth-order valence-electron chi connectivity index (χ4n) is 3.75. The van der Waals surface area contributed by atoms with Gasteiger partial charge in [-0.25, -0.2) is 0 Å². The monoisotopic (exact) mass is 497 g/mol. The molecule has 0 saturated heterocycles. The van der Waals surface area contributed by atoms with Crippen LogP contribution in [0.15, 0.2) is 54.7 Å². The molecule has 2 heterocycles. The Morgan fingerprint density at radius 3 is 2.56 bits per heavy atom. The highest BCUT2D eigenvalue weighted by Crippen LogP contribution is 2.28. The number of ether oxygens (including phenoxy) is 1. The van der Waals surface area contributed by atoms with Crippen LogP contribution in [0.2, 0.25) is 0 Å². The first-order chi connectivity index (χ1) is 17.1. The Balaban J connectivity index is 1.57. The van der Waals surface area contributed by atoms with Crippen molar-refractivity contribution >= 4 is 22.7 Å². The quantitative estimate of drug-likeness (QED) is 0.358. The average Bonchev–Trinajstić information content (AvgIpc) is 3.26. The maximum absolute atomic E-state index is 13.0. The van der Waals surface area contributed by atoms with E-state index in [1.165, 1.54) is 25.2 Å². The third kappa shape index (κ3) is 5.29. The van der Waals surface area contributed by atoms with Crippen molar-refractivity contribution in [2.24, 2.45) is 0 Å². The molecule has 0 radical (unpaired) electrons. The maximum atomic E-state index is 13.0. The molecule has 0 aliphatic heterocycles. The van der Waals surface area contributed by atoms with E-state index in [1.54, 1.807) is 50.4 Å². The summed E-state index contributed by atoms with van der Waals surface area (Å²) in [6.07, 6.45) is -3.18. The minimum absolute atomic E-state index is 0.278. The fraction of sp³-hybridized carbons (Fsp3) is 0.200. The SMILES string of the molecule is CNC(=O)c1n[nH]c2cc(-c3cnc(C)c(C(=O)NC(C)c4cccc(OC(F)(F)F)c4)c3)ccc12. The second-order valence-corrected chi connectivity index (χ2v) is 8.08. The number of benzene rings is 2. The molecule has 2 aromatic carbocycles. The van der Waals surface area contributed by atoms with Gasteiger partial charge in [-0.15, -0.1) is 13.2 Å². The number of halogens is 3. The van der Waals surface area contributed by atoms with Crippen LogP contribution in [0.4, 0.5) is 13.2 Å². The number of alkyl halides is 3. The van der Waals surface area contributed by atoms with Crippen LogP contribution < -0.4 is 15.4 Å². The van der Waals surface area contributed by atoms with Crippen molar-refractivity contribution in [3.8, 4) is 16.9 Å². The summed E-state index contributed by atoms with van der Waals surface area (Å²) in [5.74, 6) is -1.11. The number of aromatic amines is 1. The molecule has 0 aliphatic rings. The Hall–Kier alpha value is -4.41. The third-order valence-corrected chi connectivity index (χ3v) is 5.61. The van der Waals surface area contributed by atoms with E-state index in [0.29, 0.717) is 33.3 Å². The number of hydrogen-bond donors (Lipinski definition) is 3. The van der Waals surface area contributed by atoms with Crippen molar-refractivity contribution in [1.29, 1.82) is 0 Å². The zero-order valence-electron chi connectivity index (χ0n) is 19.5. The molecule has 8 nitrogen and oxygen atoms in total. The fourth-order valence-corrected chi connectivity index (χ4v) is 3.75. The zero-order chi connectivity index (χ0) is 26.0. The average molecular weight is 497 g/mol. The molecular weight excluding hydrogens is 475 g/mol. The van der Waals surface area contributed by atoms with Crippen LogP contribution >= 0.6 is 0 Å². The number of pyridine rings is 1. The molecule has 1 unspecified atom stereocenters. The Bertz CT molecular complexity index is 1450. The standard InChI is InChI=1S/C25H22F3N5O3/c1-13(15-5-4-6-18(9-15)36-25(26,27)28)31-23(34)20-10-17(12-30-14(20)2)16-7-8-19-21(11-16)32-33-22(19)24(35)29-3/h4-13H,1-3H3,(H,29,35)(H,31,34)(H,32,33). The largest absolute Gasteiger partial charge is 0.573 e. The number of nitrogens with zero attached hydrogens (tertiary/aromatic N) is 2. The number of amides is 2. The van der Waals surface area contributed by atoms with Gasteiger partial charge in [-0.3, -0.25) is 19.7 Å². The van der Waals surface area contributed by atoms with Crippen LogP contribution in [0, 0.1) is 6.92 Å². The number of carbonyl (C=O) groups excluding carboxylic acids is 2. The van der Waals surface area contributed by atoms with E-state index in [1.807, 2.05) is 0 Å². The third-order valence-electron chi connectivity index (χ3n) is 5.61. The van der Waals surface area contributed by atoms with Gasteiger partial charge in [0.25, 0.3) is 11.8 Å². The number of aryl methyl sites for hydroxylation is 1. The molecule has 4 aromatic rings. The molecular formula is C25H22F3N5O3. The topological polar surface area (TPSA) is 109 Å². The minimum atomic E-state index is -4.81. The van der Waals surface area contributed by atoms with Crippen LogP contribution in [0.1, 0.15) is 45.1 Å². The highest BCUT2D eigenvalue weighted by Gasteiger charge is 2.31. The van der Waals surface area contributed by atoms with Crippen LogP contribution in [-0.4, -0.2) is 40.4 Å². The van der Waals surface area contributed by atoms with Crippen molar-refractivity contribution in [2.75, 3.05) is 7.05 Å². The Morgan fingerprint density at radius 2 is 1.83 bits per heavy atom. The molecule has 11 heteroatoms. The highest BCUT2D eigenvalue weighted by molar-refractivity contribution is 6.05.